The average molecular weight is 365 g/mol. The lowest BCUT2D eigenvalue weighted by molar-refractivity contribution is -0.119. The van der Waals surface area contributed by atoms with E-state index in [1.807, 2.05) is 56.0 Å². The molecule has 6 nitrogen and oxygen atoms in total. The Morgan fingerprint density at radius 3 is 2.59 bits per heavy atom. The monoisotopic (exact) mass is 365 g/mol. The van der Waals surface area contributed by atoms with E-state index in [2.05, 4.69) is 27.3 Å². The van der Waals surface area contributed by atoms with Gasteiger partial charge in [-0.05, 0) is 38.5 Å². The fourth-order valence-electron chi connectivity index (χ4n) is 3.59. The van der Waals surface area contributed by atoms with Crippen molar-refractivity contribution in [2.24, 2.45) is 4.99 Å². The summed E-state index contributed by atoms with van der Waals surface area (Å²) in [6.07, 6.45) is 5.78. The molecular formula is C21H27N5O. The van der Waals surface area contributed by atoms with Gasteiger partial charge in [-0.2, -0.15) is 0 Å². The first-order valence-corrected chi connectivity index (χ1v) is 9.25. The molecule has 2 heterocycles. The average Bonchev–Trinajstić information content (AvgIpc) is 3.00. The zero-order valence-corrected chi connectivity index (χ0v) is 16.3. The number of amides is 1. The molecule has 2 atom stereocenters. The lowest BCUT2D eigenvalue weighted by Crippen LogP contribution is -2.52. The van der Waals surface area contributed by atoms with E-state index in [-0.39, 0.29) is 24.0 Å². The summed E-state index contributed by atoms with van der Waals surface area (Å²) in [6, 6.07) is 10.0. The third-order valence-electron chi connectivity index (χ3n) is 4.88. The molecule has 0 aliphatic carbocycles. The molecule has 6 heteroatoms. The number of aliphatic imine (C=N–C) groups is 1. The normalized spacial score (nSPS) is 22.2. The van der Waals surface area contributed by atoms with Crippen molar-refractivity contribution < 1.29 is 4.79 Å². The van der Waals surface area contributed by atoms with E-state index in [4.69, 9.17) is 5.41 Å². The van der Waals surface area contributed by atoms with Crippen molar-refractivity contribution in [3.05, 3.63) is 59.8 Å². The second-order valence-corrected chi connectivity index (χ2v) is 7.16. The van der Waals surface area contributed by atoms with Crippen molar-refractivity contribution in [1.29, 1.82) is 5.41 Å². The van der Waals surface area contributed by atoms with Crippen LogP contribution in [-0.4, -0.2) is 52.6 Å². The van der Waals surface area contributed by atoms with Crippen LogP contribution in [0.25, 0.3) is 0 Å². The van der Waals surface area contributed by atoms with Crippen LogP contribution < -0.4 is 5.32 Å². The Morgan fingerprint density at radius 1 is 1.26 bits per heavy atom. The molecule has 0 saturated heterocycles. The molecule has 1 aromatic carbocycles. The molecule has 1 amide bonds. The highest BCUT2D eigenvalue weighted by Crippen LogP contribution is 2.32. The van der Waals surface area contributed by atoms with Crippen LogP contribution >= 0.6 is 0 Å². The number of amidine groups is 2. The van der Waals surface area contributed by atoms with Gasteiger partial charge in [0.15, 0.2) is 0 Å². The summed E-state index contributed by atoms with van der Waals surface area (Å²) < 4.78 is 0. The van der Waals surface area contributed by atoms with Gasteiger partial charge >= 0.3 is 0 Å². The molecule has 2 N–H and O–H groups in total. The van der Waals surface area contributed by atoms with Crippen LogP contribution in [0.2, 0.25) is 0 Å². The highest BCUT2D eigenvalue weighted by molar-refractivity contribution is 6.06. The number of carbonyl (C=O) groups is 1. The minimum absolute atomic E-state index is 0.0241. The molecule has 1 aromatic rings. The van der Waals surface area contributed by atoms with Gasteiger partial charge in [0.05, 0.1) is 12.1 Å². The maximum absolute atomic E-state index is 12.9. The van der Waals surface area contributed by atoms with Gasteiger partial charge in [0.25, 0.3) is 5.91 Å². The van der Waals surface area contributed by atoms with Crippen molar-refractivity contribution in [3.63, 3.8) is 0 Å². The molecule has 0 radical (unpaired) electrons. The van der Waals surface area contributed by atoms with Crippen LogP contribution in [0.3, 0.4) is 0 Å². The van der Waals surface area contributed by atoms with Crippen LogP contribution in [-0.2, 0) is 11.3 Å². The van der Waals surface area contributed by atoms with Crippen LogP contribution in [0.4, 0.5) is 0 Å². The predicted molar refractivity (Wildman–Crippen MR) is 109 cm³/mol. The molecule has 0 aromatic heterocycles. The van der Waals surface area contributed by atoms with Crippen molar-refractivity contribution in [2.75, 3.05) is 7.05 Å². The summed E-state index contributed by atoms with van der Waals surface area (Å²) in [7, 11) is 1.72. The molecule has 2 aliphatic heterocycles. The fourth-order valence-corrected chi connectivity index (χ4v) is 3.59. The standard InChI is InChI=1S/C21H27N5O/c1-14(2)24-21(27)19-12-18-17(10-11-20(22)26(18)15(3)23-4)25(19)13-16-8-6-5-7-9-16/h5-12,14,17-18,22H,13H2,1-4H3,(H,24,27). The van der Waals surface area contributed by atoms with Gasteiger partial charge in [-0.3, -0.25) is 15.2 Å². The highest BCUT2D eigenvalue weighted by atomic mass is 16.2. The van der Waals surface area contributed by atoms with Gasteiger partial charge in [0.2, 0.25) is 0 Å². The van der Waals surface area contributed by atoms with Gasteiger partial charge in [0.1, 0.15) is 17.4 Å². The Balaban J connectivity index is 1.99. The first kappa shape index (κ1) is 18.9. The Bertz CT molecular complexity index is 809. The summed E-state index contributed by atoms with van der Waals surface area (Å²) in [6.45, 7) is 6.44. The van der Waals surface area contributed by atoms with E-state index in [0.717, 1.165) is 11.4 Å². The molecule has 142 valence electrons. The van der Waals surface area contributed by atoms with Gasteiger partial charge < -0.3 is 15.1 Å². The third kappa shape index (κ3) is 3.79. The highest BCUT2D eigenvalue weighted by Gasteiger charge is 2.42. The molecule has 2 unspecified atom stereocenters. The lowest BCUT2D eigenvalue weighted by Gasteiger charge is -2.38. The Morgan fingerprint density at radius 2 is 1.96 bits per heavy atom. The first-order chi connectivity index (χ1) is 12.9. The van der Waals surface area contributed by atoms with E-state index in [1.54, 1.807) is 13.1 Å². The van der Waals surface area contributed by atoms with Crippen LogP contribution in [0, 0.1) is 5.41 Å². The van der Waals surface area contributed by atoms with E-state index < -0.39 is 0 Å². The molecule has 0 spiro atoms. The lowest BCUT2D eigenvalue weighted by atomic mass is 10.0. The molecule has 2 aliphatic rings. The van der Waals surface area contributed by atoms with Gasteiger partial charge in [-0.15, -0.1) is 0 Å². The zero-order chi connectivity index (χ0) is 19.6. The van der Waals surface area contributed by atoms with Crippen LogP contribution in [0.15, 0.2) is 59.2 Å². The van der Waals surface area contributed by atoms with Crippen LogP contribution in [0.1, 0.15) is 26.3 Å². The minimum Gasteiger partial charge on any atom is -0.354 e. The molecule has 27 heavy (non-hydrogen) atoms. The summed E-state index contributed by atoms with van der Waals surface area (Å²) in [5.74, 6) is 1.07. The topological polar surface area (TPSA) is 71.8 Å². The zero-order valence-electron chi connectivity index (χ0n) is 16.3. The number of nitrogens with zero attached hydrogens (tertiary/aromatic N) is 3. The summed E-state index contributed by atoms with van der Waals surface area (Å²) in [5.41, 5.74) is 1.79. The van der Waals surface area contributed by atoms with E-state index in [0.29, 0.717) is 18.1 Å². The number of fused-ring (bicyclic) bond motifs is 1. The maximum atomic E-state index is 12.9. The molecule has 0 saturated carbocycles. The molecule has 0 fully saturated rings. The molecule has 0 bridgehead atoms. The third-order valence-corrected chi connectivity index (χ3v) is 4.88. The number of carbonyl (C=O) groups excluding carboxylic acids is 1. The van der Waals surface area contributed by atoms with Crippen molar-refractivity contribution in [2.45, 2.75) is 45.4 Å². The number of hydrogen-bond donors (Lipinski definition) is 2. The number of benzene rings is 1. The van der Waals surface area contributed by atoms with Crippen molar-refractivity contribution >= 4 is 17.6 Å². The SMILES string of the molecule is CN=C(C)N1C(=N)C=CC2C1C=C(C(=O)NC(C)C)N2Cc1ccccc1. The Labute approximate surface area is 160 Å². The van der Waals surface area contributed by atoms with Gasteiger partial charge in [-0.1, -0.05) is 36.4 Å². The van der Waals surface area contributed by atoms with Crippen molar-refractivity contribution in [1.82, 2.24) is 15.1 Å². The minimum atomic E-state index is -0.122. The number of rotatable bonds is 4. The Kier molecular flexibility index (Phi) is 5.44. The summed E-state index contributed by atoms with van der Waals surface area (Å²) in [5, 5.41) is 11.3. The summed E-state index contributed by atoms with van der Waals surface area (Å²) in [4.78, 5) is 21.2. The van der Waals surface area contributed by atoms with E-state index >= 15 is 0 Å². The van der Waals surface area contributed by atoms with Crippen LogP contribution in [0.5, 0.6) is 0 Å². The smallest absolute Gasteiger partial charge is 0.267 e. The predicted octanol–water partition coefficient (Wildman–Crippen LogP) is 2.55. The van der Waals surface area contributed by atoms with Gasteiger partial charge in [0, 0.05) is 19.6 Å². The molecular weight excluding hydrogens is 338 g/mol. The first-order valence-electron chi connectivity index (χ1n) is 9.25. The Hall–Kier alpha value is -2.89. The molecule has 3 rings (SSSR count). The fraction of sp³-hybridized carbons (Fsp3) is 0.381. The van der Waals surface area contributed by atoms with E-state index in [1.165, 1.54) is 0 Å². The quantitative estimate of drug-likeness (QED) is 0.636. The number of nitrogens with one attached hydrogen (secondary N) is 2. The second-order valence-electron chi connectivity index (χ2n) is 7.16. The summed E-state index contributed by atoms with van der Waals surface area (Å²) >= 11 is 0. The maximum Gasteiger partial charge on any atom is 0.267 e. The van der Waals surface area contributed by atoms with E-state index in [9.17, 15) is 4.79 Å². The number of hydrogen-bond acceptors (Lipinski definition) is 4. The van der Waals surface area contributed by atoms with Gasteiger partial charge in [-0.25, -0.2) is 0 Å². The van der Waals surface area contributed by atoms with Crippen molar-refractivity contribution in [3.8, 4) is 0 Å². The second kappa shape index (κ2) is 7.78. The largest absolute Gasteiger partial charge is 0.354 e.